The van der Waals surface area contributed by atoms with E-state index in [1.54, 1.807) is 0 Å². The molecule has 1 aliphatic carbocycles. The van der Waals surface area contributed by atoms with E-state index in [4.69, 9.17) is 11.5 Å². The average Bonchev–Trinajstić information content (AvgIpc) is 2.46. The van der Waals surface area contributed by atoms with Gasteiger partial charge in [-0.05, 0) is 24.1 Å². The quantitative estimate of drug-likeness (QED) is 0.881. The summed E-state index contributed by atoms with van der Waals surface area (Å²) in [5, 5.41) is 0. The minimum atomic E-state index is -4.81. The Morgan fingerprint density at radius 1 is 1.13 bits per heavy atom. The fraction of sp³-hybridized carbons (Fsp3) is 0.200. The van der Waals surface area contributed by atoms with Gasteiger partial charge in [-0.3, -0.25) is 9.59 Å². The summed E-state index contributed by atoms with van der Waals surface area (Å²) in [5.74, 6) is -1.87. The molecule has 0 spiro atoms. The Hall–Kier alpha value is -2.77. The maximum Gasteiger partial charge on any atom is 0.573 e. The Morgan fingerprint density at radius 2 is 1.74 bits per heavy atom. The summed E-state index contributed by atoms with van der Waals surface area (Å²) in [6.45, 7) is 0. The first-order valence-corrected chi connectivity index (χ1v) is 6.48. The number of hydrogen-bond donors (Lipinski definition) is 2. The molecule has 0 aliphatic heterocycles. The van der Waals surface area contributed by atoms with Crippen LogP contribution in [0.5, 0.6) is 5.75 Å². The summed E-state index contributed by atoms with van der Waals surface area (Å²) in [5.41, 5.74) is 9.86. The summed E-state index contributed by atoms with van der Waals surface area (Å²) in [7, 11) is 0. The summed E-state index contributed by atoms with van der Waals surface area (Å²) < 4.78 is 40.3. The minimum absolute atomic E-state index is 0.0619. The van der Waals surface area contributed by atoms with Crippen molar-refractivity contribution in [1.29, 1.82) is 0 Å². The second-order valence-corrected chi connectivity index (χ2v) is 5.00. The molecule has 0 radical (unpaired) electrons. The monoisotopic (exact) mass is 326 g/mol. The molecule has 0 aromatic heterocycles. The summed E-state index contributed by atoms with van der Waals surface area (Å²) in [6.07, 6.45) is -0.455. The van der Waals surface area contributed by atoms with Crippen LogP contribution >= 0.6 is 0 Å². The molecule has 1 aliphatic rings. The van der Waals surface area contributed by atoms with Gasteiger partial charge >= 0.3 is 6.36 Å². The van der Waals surface area contributed by atoms with Crippen LogP contribution in [0.4, 0.5) is 13.2 Å². The van der Waals surface area contributed by atoms with Crippen molar-refractivity contribution >= 4 is 11.8 Å². The predicted molar refractivity (Wildman–Crippen MR) is 75.0 cm³/mol. The number of carbonyl (C=O) groups excluding carboxylic acids is 2. The molecule has 2 rings (SSSR count). The third-order valence-corrected chi connectivity index (χ3v) is 3.51. The van der Waals surface area contributed by atoms with Gasteiger partial charge in [0.2, 0.25) is 11.8 Å². The molecule has 1 aromatic carbocycles. The second-order valence-electron chi connectivity index (χ2n) is 5.00. The van der Waals surface area contributed by atoms with Crippen LogP contribution in [-0.2, 0) is 15.0 Å². The number of ether oxygens (including phenoxy) is 1. The molecule has 0 bridgehead atoms. The molecule has 0 saturated heterocycles. The Balaban J connectivity index is 2.37. The number of benzene rings is 1. The molecule has 0 fully saturated rings. The number of primary amides is 2. The minimum Gasteiger partial charge on any atom is -0.406 e. The van der Waals surface area contributed by atoms with Crippen LogP contribution in [0.2, 0.25) is 0 Å². The van der Waals surface area contributed by atoms with Gasteiger partial charge in [0.05, 0.1) is 5.41 Å². The maximum atomic E-state index is 12.2. The van der Waals surface area contributed by atoms with Crippen LogP contribution in [0.1, 0.15) is 12.0 Å². The van der Waals surface area contributed by atoms with Gasteiger partial charge in [-0.25, -0.2) is 0 Å². The van der Waals surface area contributed by atoms with Gasteiger partial charge in [-0.2, -0.15) is 0 Å². The third kappa shape index (κ3) is 3.53. The number of halogens is 3. The van der Waals surface area contributed by atoms with Gasteiger partial charge in [0.15, 0.2) is 0 Å². The van der Waals surface area contributed by atoms with E-state index in [1.807, 2.05) is 0 Å². The van der Waals surface area contributed by atoms with Crippen molar-refractivity contribution in [2.75, 3.05) is 0 Å². The average molecular weight is 326 g/mol. The van der Waals surface area contributed by atoms with E-state index in [1.165, 1.54) is 30.4 Å². The van der Waals surface area contributed by atoms with E-state index in [0.717, 1.165) is 12.1 Å². The lowest BCUT2D eigenvalue weighted by Gasteiger charge is -2.30. The van der Waals surface area contributed by atoms with E-state index in [-0.39, 0.29) is 12.0 Å². The van der Waals surface area contributed by atoms with Crippen molar-refractivity contribution in [3.63, 3.8) is 0 Å². The lowest BCUT2D eigenvalue weighted by Crippen LogP contribution is -2.42. The van der Waals surface area contributed by atoms with Crippen LogP contribution in [0.25, 0.3) is 0 Å². The second kappa shape index (κ2) is 5.79. The zero-order valence-electron chi connectivity index (χ0n) is 11.8. The van der Waals surface area contributed by atoms with Crippen molar-refractivity contribution in [2.45, 2.75) is 18.2 Å². The zero-order chi connectivity index (χ0) is 17.3. The molecule has 1 aromatic rings. The first-order chi connectivity index (χ1) is 10.6. The van der Waals surface area contributed by atoms with E-state index in [0.29, 0.717) is 5.56 Å². The largest absolute Gasteiger partial charge is 0.573 e. The Bertz CT molecular complexity index is 693. The van der Waals surface area contributed by atoms with Crippen molar-refractivity contribution in [1.82, 2.24) is 0 Å². The number of carbonyl (C=O) groups is 2. The van der Waals surface area contributed by atoms with E-state index < -0.39 is 29.3 Å². The van der Waals surface area contributed by atoms with Crippen LogP contribution in [0, 0.1) is 0 Å². The number of allylic oxidation sites excluding steroid dienone is 2. The Morgan fingerprint density at radius 3 is 2.22 bits per heavy atom. The Labute approximate surface area is 129 Å². The highest BCUT2D eigenvalue weighted by atomic mass is 19.4. The molecule has 23 heavy (non-hydrogen) atoms. The smallest absolute Gasteiger partial charge is 0.406 e. The van der Waals surface area contributed by atoms with Crippen LogP contribution in [0.15, 0.2) is 48.1 Å². The van der Waals surface area contributed by atoms with Gasteiger partial charge in [0.1, 0.15) is 5.75 Å². The van der Waals surface area contributed by atoms with E-state index >= 15 is 0 Å². The first-order valence-electron chi connectivity index (χ1n) is 6.48. The number of amides is 2. The number of nitrogens with two attached hydrogens (primary N) is 2. The highest BCUT2D eigenvalue weighted by Crippen LogP contribution is 2.36. The molecule has 5 nitrogen and oxygen atoms in total. The van der Waals surface area contributed by atoms with Crippen molar-refractivity contribution < 1.29 is 27.5 Å². The molecular formula is C15H13F3N2O3. The highest BCUT2D eigenvalue weighted by Gasteiger charge is 2.39. The predicted octanol–water partition coefficient (Wildman–Crippen LogP) is 1.68. The maximum absolute atomic E-state index is 12.2. The summed E-state index contributed by atoms with van der Waals surface area (Å²) >= 11 is 0. The highest BCUT2D eigenvalue weighted by molar-refractivity contribution is 5.97. The van der Waals surface area contributed by atoms with Crippen molar-refractivity contribution in [3.8, 4) is 5.75 Å². The summed E-state index contributed by atoms with van der Waals surface area (Å²) in [6, 6.07) is 4.73. The molecule has 0 heterocycles. The van der Waals surface area contributed by atoms with Gasteiger partial charge in [0, 0.05) is 5.57 Å². The third-order valence-electron chi connectivity index (χ3n) is 3.51. The SMILES string of the molecule is NC(=O)C1=CC=CC(C(N)=O)(c2ccc(OC(F)(F)F)cc2)C1. The van der Waals surface area contributed by atoms with Gasteiger partial charge < -0.3 is 16.2 Å². The van der Waals surface area contributed by atoms with Crippen LogP contribution < -0.4 is 16.2 Å². The van der Waals surface area contributed by atoms with Crippen molar-refractivity contribution in [2.24, 2.45) is 11.5 Å². The molecule has 4 N–H and O–H groups in total. The molecule has 1 unspecified atom stereocenters. The van der Waals surface area contributed by atoms with E-state index in [9.17, 15) is 22.8 Å². The van der Waals surface area contributed by atoms with Crippen LogP contribution in [-0.4, -0.2) is 18.2 Å². The van der Waals surface area contributed by atoms with Gasteiger partial charge in [0.25, 0.3) is 0 Å². The zero-order valence-corrected chi connectivity index (χ0v) is 11.8. The number of rotatable bonds is 4. The fourth-order valence-electron chi connectivity index (χ4n) is 2.38. The van der Waals surface area contributed by atoms with E-state index in [2.05, 4.69) is 4.74 Å². The molecule has 0 saturated carbocycles. The number of alkyl halides is 3. The molecule has 8 heteroatoms. The Kier molecular flexibility index (Phi) is 4.18. The first kappa shape index (κ1) is 16.6. The lowest BCUT2D eigenvalue weighted by molar-refractivity contribution is -0.274. The molecule has 122 valence electrons. The molecular weight excluding hydrogens is 313 g/mol. The van der Waals surface area contributed by atoms with Gasteiger partial charge in [-0.15, -0.1) is 13.2 Å². The molecule has 2 amide bonds. The van der Waals surface area contributed by atoms with Crippen LogP contribution in [0.3, 0.4) is 0 Å². The summed E-state index contributed by atoms with van der Waals surface area (Å²) in [4.78, 5) is 23.3. The molecule has 1 atom stereocenters. The van der Waals surface area contributed by atoms with Gasteiger partial charge in [-0.1, -0.05) is 30.4 Å². The van der Waals surface area contributed by atoms with Crippen molar-refractivity contribution in [3.05, 3.63) is 53.6 Å². The topological polar surface area (TPSA) is 95.4 Å². The standard InChI is InChI=1S/C15H13F3N2O3/c16-15(17,18)23-11-5-3-10(4-6-11)14(13(20)22)7-1-2-9(8-14)12(19)21/h1-7H,8H2,(H2,19,21)(H2,20,22). The normalized spacial score (nSPS) is 20.7. The number of hydrogen-bond acceptors (Lipinski definition) is 3. The lowest BCUT2D eigenvalue weighted by atomic mass is 9.72. The fourth-order valence-corrected chi connectivity index (χ4v) is 2.38.